The van der Waals surface area contributed by atoms with E-state index in [1.165, 1.54) is 6.40 Å². The average molecular weight is 100 g/mol. The second-order valence-electron chi connectivity index (χ2n) is 1.38. The van der Waals surface area contributed by atoms with Gasteiger partial charge in [-0.25, -0.2) is 0 Å². The van der Waals surface area contributed by atoms with Crippen LogP contribution in [0.15, 0.2) is 4.99 Å². The maximum absolute atomic E-state index is 4.65. The van der Waals surface area contributed by atoms with E-state index in [1.807, 2.05) is 0 Å². The molecule has 40 valence electrons. The summed E-state index contributed by atoms with van der Waals surface area (Å²) >= 11 is 0. The molecule has 0 spiro atoms. The van der Waals surface area contributed by atoms with Crippen molar-refractivity contribution in [2.45, 2.75) is 6.42 Å². The third kappa shape index (κ3) is 1.55. The molecule has 0 unspecified atom stereocenters. The van der Waals surface area contributed by atoms with Gasteiger partial charge in [0, 0.05) is 13.1 Å². The van der Waals surface area contributed by atoms with Gasteiger partial charge in [0.2, 0.25) is 0 Å². The fourth-order valence-electron chi connectivity index (χ4n) is 0.429. The molecular weight excluding hydrogens is 92.1 g/mol. The summed E-state index contributed by atoms with van der Waals surface area (Å²) in [6.45, 7) is 1.78. The largest absolute Gasteiger partial charge is 0.397 e. The van der Waals surface area contributed by atoms with Crippen molar-refractivity contribution >= 4 is 6.40 Å². The number of hydrogen-bond acceptors (Lipinski definition) is 3. The van der Waals surface area contributed by atoms with Crippen molar-refractivity contribution < 1.29 is 4.84 Å². The van der Waals surface area contributed by atoms with Gasteiger partial charge in [-0.15, -0.1) is 0 Å². The normalized spacial score (nSPS) is 20.6. The molecule has 7 heavy (non-hydrogen) atoms. The number of rotatable bonds is 0. The van der Waals surface area contributed by atoms with Gasteiger partial charge in [-0.1, -0.05) is 0 Å². The molecule has 0 radical (unpaired) electrons. The summed E-state index contributed by atoms with van der Waals surface area (Å²) in [6, 6.07) is 0. The van der Waals surface area contributed by atoms with Crippen molar-refractivity contribution in [3.8, 4) is 0 Å². The first-order valence-corrected chi connectivity index (χ1v) is 2.37. The summed E-state index contributed by atoms with van der Waals surface area (Å²) in [5, 5.41) is 0. The lowest BCUT2D eigenvalue weighted by Crippen LogP contribution is -2.12. The summed E-state index contributed by atoms with van der Waals surface area (Å²) in [5.74, 6) is 0. The van der Waals surface area contributed by atoms with E-state index in [-0.39, 0.29) is 0 Å². The molecule has 3 nitrogen and oxygen atoms in total. The molecule has 1 heterocycles. The predicted octanol–water partition coefficient (Wildman–Crippen LogP) is -0.0604. The fraction of sp³-hybridized carbons (Fsp3) is 0.750. The first-order valence-electron chi connectivity index (χ1n) is 2.37. The molecule has 1 aliphatic heterocycles. The van der Waals surface area contributed by atoms with Gasteiger partial charge in [0.05, 0.1) is 0 Å². The van der Waals surface area contributed by atoms with Gasteiger partial charge in [0.1, 0.15) is 0 Å². The van der Waals surface area contributed by atoms with E-state index in [9.17, 15) is 0 Å². The molecule has 0 saturated carbocycles. The lowest BCUT2D eigenvalue weighted by atomic mass is 10.4. The van der Waals surface area contributed by atoms with Gasteiger partial charge in [-0.3, -0.25) is 4.99 Å². The van der Waals surface area contributed by atoms with Crippen LogP contribution in [0.4, 0.5) is 0 Å². The molecule has 3 heteroatoms. The summed E-state index contributed by atoms with van der Waals surface area (Å²) in [7, 11) is 0. The Morgan fingerprint density at radius 1 is 1.71 bits per heavy atom. The molecule has 0 aromatic carbocycles. The molecule has 0 aromatic heterocycles. The predicted molar refractivity (Wildman–Crippen MR) is 27.1 cm³/mol. The lowest BCUT2D eigenvalue weighted by Gasteiger charge is -1.92. The first-order chi connectivity index (χ1) is 3.50. The highest BCUT2D eigenvalue weighted by Gasteiger charge is 1.87. The molecule has 0 bridgehead atoms. The number of aliphatic imine (C=N–C) groups is 1. The topological polar surface area (TPSA) is 33.6 Å². The number of nitrogens with zero attached hydrogens (tertiary/aromatic N) is 1. The lowest BCUT2D eigenvalue weighted by molar-refractivity contribution is 0.199. The van der Waals surface area contributed by atoms with Crippen LogP contribution < -0.4 is 5.48 Å². The first kappa shape index (κ1) is 4.59. The molecular formula is C4H8N2O. The van der Waals surface area contributed by atoms with Crippen LogP contribution in [0.5, 0.6) is 0 Å². The van der Waals surface area contributed by atoms with Crippen molar-refractivity contribution in [1.29, 1.82) is 0 Å². The molecule has 0 amide bonds. The fourth-order valence-corrected chi connectivity index (χ4v) is 0.429. The van der Waals surface area contributed by atoms with Crippen molar-refractivity contribution in [2.24, 2.45) is 4.99 Å². The molecule has 0 atom stereocenters. The van der Waals surface area contributed by atoms with Gasteiger partial charge < -0.3 is 4.84 Å². The molecule has 1 aliphatic rings. The maximum atomic E-state index is 4.65. The summed E-state index contributed by atoms with van der Waals surface area (Å²) in [5.41, 5.74) is 2.70. The second kappa shape index (κ2) is 2.58. The second-order valence-corrected chi connectivity index (χ2v) is 1.38. The Labute approximate surface area is 42.3 Å². The molecule has 0 fully saturated rings. The standard InChI is InChI=1S/C4H8N2O/c1-2-5-4-7-6-3-1/h4,6H,1-3H2. The Balaban J connectivity index is 2.20. The monoisotopic (exact) mass is 100 g/mol. The number of nitrogens with one attached hydrogen (secondary N) is 1. The van der Waals surface area contributed by atoms with Crippen LogP contribution in [-0.2, 0) is 4.84 Å². The summed E-state index contributed by atoms with van der Waals surface area (Å²) in [6.07, 6.45) is 2.50. The van der Waals surface area contributed by atoms with Crippen LogP contribution in [0, 0.1) is 0 Å². The van der Waals surface area contributed by atoms with E-state index >= 15 is 0 Å². The minimum absolute atomic E-state index is 0.882. The van der Waals surface area contributed by atoms with Gasteiger partial charge in [0.15, 0.2) is 6.40 Å². The van der Waals surface area contributed by atoms with E-state index < -0.39 is 0 Å². The quantitative estimate of drug-likeness (QED) is 0.462. The third-order valence-corrected chi connectivity index (χ3v) is 0.777. The van der Waals surface area contributed by atoms with Gasteiger partial charge in [0.25, 0.3) is 0 Å². The molecule has 0 saturated heterocycles. The van der Waals surface area contributed by atoms with E-state index in [2.05, 4.69) is 15.3 Å². The zero-order valence-electron chi connectivity index (χ0n) is 4.05. The van der Waals surface area contributed by atoms with Gasteiger partial charge >= 0.3 is 0 Å². The highest BCUT2D eigenvalue weighted by molar-refractivity contribution is 5.45. The van der Waals surface area contributed by atoms with Crippen molar-refractivity contribution in [1.82, 2.24) is 5.48 Å². The van der Waals surface area contributed by atoms with E-state index in [0.717, 1.165) is 19.5 Å². The van der Waals surface area contributed by atoms with Crippen LogP contribution in [0.25, 0.3) is 0 Å². The maximum Gasteiger partial charge on any atom is 0.196 e. The van der Waals surface area contributed by atoms with Gasteiger partial charge in [-0.05, 0) is 6.42 Å². The van der Waals surface area contributed by atoms with Crippen LogP contribution in [0.1, 0.15) is 6.42 Å². The van der Waals surface area contributed by atoms with E-state index in [4.69, 9.17) is 0 Å². The molecule has 0 aromatic rings. The Morgan fingerprint density at radius 2 is 2.71 bits per heavy atom. The van der Waals surface area contributed by atoms with Crippen LogP contribution >= 0.6 is 0 Å². The Morgan fingerprint density at radius 3 is 3.71 bits per heavy atom. The Bertz CT molecular complexity index is 64.1. The number of hydrogen-bond donors (Lipinski definition) is 1. The van der Waals surface area contributed by atoms with Gasteiger partial charge in [-0.2, -0.15) is 5.48 Å². The molecule has 1 N–H and O–H groups in total. The SMILES string of the molecule is C1=NCCCNO1. The van der Waals surface area contributed by atoms with Crippen molar-refractivity contribution in [3.63, 3.8) is 0 Å². The zero-order valence-corrected chi connectivity index (χ0v) is 4.05. The van der Waals surface area contributed by atoms with Crippen molar-refractivity contribution in [2.75, 3.05) is 13.1 Å². The highest BCUT2D eigenvalue weighted by Crippen LogP contribution is 1.81. The number of hydroxylamine groups is 1. The van der Waals surface area contributed by atoms with Crippen LogP contribution in [0.3, 0.4) is 0 Å². The van der Waals surface area contributed by atoms with Crippen LogP contribution in [0.2, 0.25) is 0 Å². The average Bonchev–Trinajstić information content (AvgIpc) is 1.90. The summed E-state index contributed by atoms with van der Waals surface area (Å²) in [4.78, 5) is 8.51. The molecule has 1 rings (SSSR count). The molecule has 0 aliphatic carbocycles. The Kier molecular flexibility index (Phi) is 1.69. The summed E-state index contributed by atoms with van der Waals surface area (Å²) < 4.78 is 0. The highest BCUT2D eigenvalue weighted by atomic mass is 16.6. The smallest absolute Gasteiger partial charge is 0.196 e. The van der Waals surface area contributed by atoms with E-state index in [1.54, 1.807) is 0 Å². The third-order valence-electron chi connectivity index (χ3n) is 0.777. The minimum atomic E-state index is 0.882. The zero-order chi connectivity index (χ0) is 4.95. The van der Waals surface area contributed by atoms with Crippen molar-refractivity contribution in [3.05, 3.63) is 0 Å². The van der Waals surface area contributed by atoms with E-state index in [0.29, 0.717) is 0 Å². The minimum Gasteiger partial charge on any atom is -0.397 e. The Hall–Kier alpha value is -0.570. The van der Waals surface area contributed by atoms with Crippen LogP contribution in [-0.4, -0.2) is 19.5 Å².